The lowest BCUT2D eigenvalue weighted by atomic mass is 10.2. The maximum Gasteiger partial charge on any atom is 0.407 e. The van der Waals surface area contributed by atoms with Gasteiger partial charge in [-0.05, 0) is 51.8 Å². The molecule has 0 saturated heterocycles. The first kappa shape index (κ1) is 16.3. The van der Waals surface area contributed by atoms with Crippen LogP contribution in [0.2, 0.25) is 0 Å². The third-order valence-corrected chi connectivity index (χ3v) is 2.78. The Morgan fingerprint density at radius 2 is 2.10 bits per heavy atom. The first-order valence-electron chi connectivity index (χ1n) is 6.86. The van der Waals surface area contributed by atoms with Crippen molar-refractivity contribution >= 4 is 11.9 Å². The quantitative estimate of drug-likeness (QED) is 0.920. The number of aryl methyl sites for hydroxylation is 1. The fourth-order valence-corrected chi connectivity index (χ4v) is 1.76. The van der Waals surface area contributed by atoms with Gasteiger partial charge >= 0.3 is 6.09 Å². The van der Waals surface area contributed by atoms with Gasteiger partial charge in [0.2, 0.25) is 0 Å². The third-order valence-electron chi connectivity index (χ3n) is 2.78. The molecule has 5 heteroatoms. The number of hydrogen-bond donors (Lipinski definition) is 1. The number of carbonyl (C=O) groups excluding carboxylic acids is 1. The molecule has 1 aromatic rings. The van der Waals surface area contributed by atoms with E-state index in [0.29, 0.717) is 6.54 Å². The summed E-state index contributed by atoms with van der Waals surface area (Å²) in [5, 5.41) is 2.73. The van der Waals surface area contributed by atoms with E-state index < -0.39 is 11.7 Å². The molecule has 1 aromatic heterocycles. The maximum atomic E-state index is 11.6. The molecule has 20 heavy (non-hydrogen) atoms. The van der Waals surface area contributed by atoms with Gasteiger partial charge in [0, 0.05) is 26.3 Å². The van der Waals surface area contributed by atoms with E-state index in [1.807, 2.05) is 40.8 Å². The molecule has 0 unspecified atom stereocenters. The Morgan fingerprint density at radius 3 is 2.60 bits per heavy atom. The van der Waals surface area contributed by atoms with E-state index in [9.17, 15) is 4.79 Å². The van der Waals surface area contributed by atoms with E-state index in [4.69, 9.17) is 4.74 Å². The number of ether oxygens (including phenoxy) is 1. The van der Waals surface area contributed by atoms with Crippen LogP contribution >= 0.6 is 0 Å². The van der Waals surface area contributed by atoms with Gasteiger partial charge in [-0.1, -0.05) is 0 Å². The summed E-state index contributed by atoms with van der Waals surface area (Å²) in [4.78, 5) is 18.1. The SMILES string of the molecule is CCN(C)c1ncc(CNC(=O)OC(C)(C)C)cc1C. The van der Waals surface area contributed by atoms with Crippen LogP contribution in [-0.4, -0.2) is 30.3 Å². The van der Waals surface area contributed by atoms with Gasteiger partial charge in [-0.25, -0.2) is 9.78 Å². The molecular weight excluding hydrogens is 254 g/mol. The van der Waals surface area contributed by atoms with Gasteiger partial charge in [-0.2, -0.15) is 0 Å². The van der Waals surface area contributed by atoms with Crippen LogP contribution in [0.15, 0.2) is 12.3 Å². The lowest BCUT2D eigenvalue weighted by Crippen LogP contribution is -2.32. The highest BCUT2D eigenvalue weighted by Gasteiger charge is 2.15. The third kappa shape index (κ3) is 5.07. The number of amides is 1. The van der Waals surface area contributed by atoms with Crippen molar-refractivity contribution in [1.29, 1.82) is 0 Å². The van der Waals surface area contributed by atoms with Crippen molar-refractivity contribution in [1.82, 2.24) is 10.3 Å². The Morgan fingerprint density at radius 1 is 1.45 bits per heavy atom. The Bertz CT molecular complexity index is 467. The molecule has 0 spiro atoms. The molecule has 0 aliphatic rings. The second-order valence-electron chi connectivity index (χ2n) is 5.85. The number of pyridine rings is 1. The number of anilines is 1. The Balaban J connectivity index is 2.62. The van der Waals surface area contributed by atoms with Crippen molar-refractivity contribution in [2.45, 2.75) is 46.8 Å². The van der Waals surface area contributed by atoms with Gasteiger partial charge in [-0.15, -0.1) is 0 Å². The maximum absolute atomic E-state index is 11.6. The average Bonchev–Trinajstić information content (AvgIpc) is 2.33. The molecule has 1 amide bonds. The van der Waals surface area contributed by atoms with Gasteiger partial charge in [0.25, 0.3) is 0 Å². The topological polar surface area (TPSA) is 54.5 Å². The average molecular weight is 279 g/mol. The second-order valence-corrected chi connectivity index (χ2v) is 5.85. The van der Waals surface area contributed by atoms with Crippen molar-refractivity contribution in [2.24, 2.45) is 0 Å². The molecule has 1 heterocycles. The van der Waals surface area contributed by atoms with Gasteiger partial charge in [0.1, 0.15) is 11.4 Å². The van der Waals surface area contributed by atoms with Gasteiger partial charge < -0.3 is 15.0 Å². The normalized spacial score (nSPS) is 11.1. The number of nitrogens with one attached hydrogen (secondary N) is 1. The largest absolute Gasteiger partial charge is 0.444 e. The lowest BCUT2D eigenvalue weighted by Gasteiger charge is -2.20. The molecule has 0 fully saturated rings. The van der Waals surface area contributed by atoms with Crippen LogP contribution in [0.4, 0.5) is 10.6 Å². The minimum absolute atomic E-state index is 0.412. The highest BCUT2D eigenvalue weighted by atomic mass is 16.6. The molecule has 0 saturated carbocycles. The minimum Gasteiger partial charge on any atom is -0.444 e. The van der Waals surface area contributed by atoms with E-state index in [2.05, 4.69) is 22.1 Å². The van der Waals surface area contributed by atoms with Crippen molar-refractivity contribution in [3.8, 4) is 0 Å². The van der Waals surface area contributed by atoms with E-state index in [1.54, 1.807) is 6.20 Å². The van der Waals surface area contributed by atoms with Gasteiger partial charge in [-0.3, -0.25) is 0 Å². The molecule has 0 aliphatic carbocycles. The fourth-order valence-electron chi connectivity index (χ4n) is 1.76. The number of hydrogen-bond acceptors (Lipinski definition) is 4. The Kier molecular flexibility index (Phi) is 5.36. The molecule has 1 rings (SSSR count). The highest BCUT2D eigenvalue weighted by molar-refractivity contribution is 5.67. The van der Waals surface area contributed by atoms with Crippen molar-refractivity contribution in [3.63, 3.8) is 0 Å². The number of carbonyl (C=O) groups is 1. The molecule has 0 aliphatic heterocycles. The van der Waals surface area contributed by atoms with Crippen LogP contribution in [0.1, 0.15) is 38.8 Å². The van der Waals surface area contributed by atoms with Crippen molar-refractivity contribution < 1.29 is 9.53 Å². The van der Waals surface area contributed by atoms with Crippen molar-refractivity contribution in [3.05, 3.63) is 23.4 Å². The van der Waals surface area contributed by atoms with E-state index >= 15 is 0 Å². The standard InChI is InChI=1S/C15H25N3O2/c1-7-18(6)13-11(2)8-12(9-16-13)10-17-14(19)20-15(3,4)5/h8-9H,7,10H2,1-6H3,(H,17,19). The zero-order chi connectivity index (χ0) is 15.3. The number of rotatable bonds is 4. The first-order valence-corrected chi connectivity index (χ1v) is 6.86. The summed E-state index contributed by atoms with van der Waals surface area (Å²) in [5.41, 5.74) is 1.57. The van der Waals surface area contributed by atoms with E-state index in [0.717, 1.165) is 23.5 Å². The summed E-state index contributed by atoms with van der Waals surface area (Å²) >= 11 is 0. The zero-order valence-corrected chi connectivity index (χ0v) is 13.3. The second kappa shape index (κ2) is 6.59. The van der Waals surface area contributed by atoms with Gasteiger partial charge in [0.05, 0.1) is 0 Å². The van der Waals surface area contributed by atoms with Crippen LogP contribution in [0, 0.1) is 6.92 Å². The van der Waals surface area contributed by atoms with Crippen LogP contribution in [0.25, 0.3) is 0 Å². The monoisotopic (exact) mass is 279 g/mol. The highest BCUT2D eigenvalue weighted by Crippen LogP contribution is 2.16. The molecule has 0 bridgehead atoms. The zero-order valence-electron chi connectivity index (χ0n) is 13.3. The molecule has 1 N–H and O–H groups in total. The predicted octanol–water partition coefficient (Wildman–Crippen LogP) is 2.87. The summed E-state index contributed by atoms with van der Waals surface area (Å²) in [6, 6.07) is 2.03. The summed E-state index contributed by atoms with van der Waals surface area (Å²) in [6.45, 7) is 10.9. The summed E-state index contributed by atoms with van der Waals surface area (Å²) < 4.78 is 5.19. The van der Waals surface area contributed by atoms with Gasteiger partial charge in [0.15, 0.2) is 0 Å². The summed E-state index contributed by atoms with van der Waals surface area (Å²) in [5.74, 6) is 0.966. The summed E-state index contributed by atoms with van der Waals surface area (Å²) in [6.07, 6.45) is 1.37. The molecule has 5 nitrogen and oxygen atoms in total. The van der Waals surface area contributed by atoms with Crippen LogP contribution in [-0.2, 0) is 11.3 Å². The lowest BCUT2D eigenvalue weighted by molar-refractivity contribution is 0.0523. The van der Waals surface area contributed by atoms with E-state index in [1.165, 1.54) is 0 Å². The van der Waals surface area contributed by atoms with Crippen LogP contribution in [0.5, 0.6) is 0 Å². The molecule has 0 radical (unpaired) electrons. The molecular formula is C15H25N3O2. The molecule has 112 valence electrons. The number of nitrogens with zero attached hydrogens (tertiary/aromatic N) is 2. The van der Waals surface area contributed by atoms with E-state index in [-0.39, 0.29) is 0 Å². The molecule has 0 aromatic carbocycles. The smallest absolute Gasteiger partial charge is 0.407 e. The van der Waals surface area contributed by atoms with Crippen LogP contribution < -0.4 is 10.2 Å². The predicted molar refractivity (Wildman–Crippen MR) is 81.0 cm³/mol. The Hall–Kier alpha value is -1.78. The van der Waals surface area contributed by atoms with Crippen molar-refractivity contribution in [2.75, 3.05) is 18.5 Å². The van der Waals surface area contributed by atoms with Crippen LogP contribution in [0.3, 0.4) is 0 Å². The Labute approximate surface area is 121 Å². The summed E-state index contributed by atoms with van der Waals surface area (Å²) in [7, 11) is 2.01. The number of aromatic nitrogens is 1. The fraction of sp³-hybridized carbons (Fsp3) is 0.600. The number of alkyl carbamates (subject to hydrolysis) is 1. The minimum atomic E-state index is -0.480. The first-order chi connectivity index (χ1) is 9.23. The molecule has 0 atom stereocenters.